The van der Waals surface area contributed by atoms with Crippen LogP contribution in [0.1, 0.15) is 19.3 Å². The van der Waals surface area contributed by atoms with Crippen molar-refractivity contribution in [2.45, 2.75) is 30.3 Å². The Morgan fingerprint density at radius 3 is 2.53 bits per heavy atom. The van der Waals surface area contributed by atoms with E-state index in [2.05, 4.69) is 50.9 Å². The second-order valence-corrected chi connectivity index (χ2v) is 10.8. The Morgan fingerprint density at radius 2 is 1.84 bits per heavy atom. The van der Waals surface area contributed by atoms with Gasteiger partial charge in [-0.3, -0.25) is 10.1 Å². The maximum atomic E-state index is 12.2. The van der Waals surface area contributed by atoms with E-state index < -0.39 is 0 Å². The number of para-hydroxylation sites is 1. The summed E-state index contributed by atoms with van der Waals surface area (Å²) in [6.45, 7) is 0. The number of rotatable bonds is 8. The van der Waals surface area contributed by atoms with Crippen molar-refractivity contribution in [2.75, 3.05) is 38.5 Å². The summed E-state index contributed by atoms with van der Waals surface area (Å²) < 4.78 is 7.74. The molecule has 2 aromatic heterocycles. The molecule has 0 amide bonds. The van der Waals surface area contributed by atoms with E-state index in [0.29, 0.717) is 23.1 Å². The first-order chi connectivity index (χ1) is 18.2. The SMILES string of the molecule is COc1cc(N(C)C23CC(N(C)C)(C2)C3)c([N+](=O)[O-])cc1Nc1nccc(-c2cn(C)c3ccccc23)n1. The van der Waals surface area contributed by atoms with Gasteiger partial charge in [0, 0.05) is 66.2 Å². The maximum Gasteiger partial charge on any atom is 0.294 e. The monoisotopic (exact) mass is 513 g/mol. The normalized spacial score (nSPS) is 21.6. The van der Waals surface area contributed by atoms with E-state index >= 15 is 0 Å². The Bertz CT molecular complexity index is 1560. The van der Waals surface area contributed by atoms with Crippen molar-refractivity contribution in [1.82, 2.24) is 19.4 Å². The molecular formula is C28H31N7O3. The van der Waals surface area contributed by atoms with E-state index in [1.165, 1.54) is 6.07 Å². The van der Waals surface area contributed by atoms with Gasteiger partial charge in [0.05, 0.1) is 23.4 Å². The molecule has 0 aliphatic heterocycles. The van der Waals surface area contributed by atoms with Crippen LogP contribution in [0.2, 0.25) is 0 Å². The predicted octanol–water partition coefficient (Wildman–Crippen LogP) is 4.97. The number of nitrogens with zero attached hydrogens (tertiary/aromatic N) is 6. The molecule has 0 atom stereocenters. The third kappa shape index (κ3) is 3.51. The van der Waals surface area contributed by atoms with Gasteiger partial charge in [-0.1, -0.05) is 18.2 Å². The van der Waals surface area contributed by atoms with E-state index in [9.17, 15) is 10.1 Å². The van der Waals surface area contributed by atoms with E-state index in [4.69, 9.17) is 9.72 Å². The summed E-state index contributed by atoms with van der Waals surface area (Å²) in [6.07, 6.45) is 6.71. The summed E-state index contributed by atoms with van der Waals surface area (Å²) in [5.74, 6) is 0.821. The quantitative estimate of drug-likeness (QED) is 0.260. The lowest BCUT2D eigenvalue weighted by Crippen LogP contribution is -2.82. The standard InChI is InChI=1S/C28H31N7O3/c1-32(2)27-15-28(16-27,17-27)34(4)23-13-25(38-5)21(12-24(23)35(36)37)31-26-29-11-10-20(30-26)19-14-33(3)22-9-7-6-8-18(19)22/h6-14H,15-17H2,1-5H3,(H,29,30,31). The second-order valence-electron chi connectivity index (χ2n) is 10.8. The molecule has 4 aromatic rings. The molecule has 3 aliphatic rings. The van der Waals surface area contributed by atoms with Crippen molar-refractivity contribution >= 4 is 33.9 Å². The summed E-state index contributed by atoms with van der Waals surface area (Å²) in [6, 6.07) is 13.3. The minimum atomic E-state index is -0.336. The molecule has 2 aromatic carbocycles. The average Bonchev–Trinajstić information content (AvgIpc) is 3.18. The number of methoxy groups -OCH3 is 1. The fourth-order valence-corrected chi connectivity index (χ4v) is 6.24. The van der Waals surface area contributed by atoms with Crippen LogP contribution in [0.5, 0.6) is 5.75 Å². The number of nitro groups is 1. The van der Waals surface area contributed by atoms with Crippen LogP contribution in [-0.4, -0.2) is 63.7 Å². The van der Waals surface area contributed by atoms with Crippen LogP contribution < -0.4 is 15.0 Å². The third-order valence-corrected chi connectivity index (χ3v) is 8.56. The molecule has 0 spiro atoms. The number of nitrogens with one attached hydrogen (secondary N) is 1. The molecule has 196 valence electrons. The average molecular weight is 514 g/mol. The molecule has 2 bridgehead atoms. The minimum absolute atomic E-state index is 0.0182. The molecule has 0 unspecified atom stereocenters. The largest absolute Gasteiger partial charge is 0.494 e. The maximum absolute atomic E-state index is 12.2. The van der Waals surface area contributed by atoms with Crippen LogP contribution in [-0.2, 0) is 7.05 Å². The summed E-state index contributed by atoms with van der Waals surface area (Å²) >= 11 is 0. The molecular weight excluding hydrogens is 482 g/mol. The number of hydrogen-bond donors (Lipinski definition) is 1. The molecule has 38 heavy (non-hydrogen) atoms. The molecule has 3 saturated carbocycles. The third-order valence-electron chi connectivity index (χ3n) is 8.56. The highest BCUT2D eigenvalue weighted by molar-refractivity contribution is 5.95. The number of hydrogen-bond acceptors (Lipinski definition) is 8. The summed E-state index contributed by atoms with van der Waals surface area (Å²) in [5.41, 5.74) is 4.02. The van der Waals surface area contributed by atoms with Crippen LogP contribution in [0.3, 0.4) is 0 Å². The first kappa shape index (κ1) is 24.2. The highest BCUT2D eigenvalue weighted by atomic mass is 16.6. The van der Waals surface area contributed by atoms with Crippen molar-refractivity contribution in [2.24, 2.45) is 7.05 Å². The molecule has 7 rings (SSSR count). The van der Waals surface area contributed by atoms with Crippen molar-refractivity contribution in [3.63, 3.8) is 0 Å². The number of fused-ring (bicyclic) bond motifs is 1. The Labute approximate surface area is 221 Å². The topological polar surface area (TPSA) is 102 Å². The predicted molar refractivity (Wildman–Crippen MR) is 148 cm³/mol. The van der Waals surface area contributed by atoms with Gasteiger partial charge < -0.3 is 24.4 Å². The highest BCUT2D eigenvalue weighted by Crippen LogP contribution is 2.66. The van der Waals surface area contributed by atoms with Crippen molar-refractivity contribution in [3.05, 3.63) is 65.0 Å². The Hall–Kier alpha value is -4.18. The highest BCUT2D eigenvalue weighted by Gasteiger charge is 2.71. The van der Waals surface area contributed by atoms with Gasteiger partial charge in [-0.2, -0.15) is 0 Å². The fraction of sp³-hybridized carbons (Fsp3) is 0.357. The van der Waals surface area contributed by atoms with Crippen LogP contribution >= 0.6 is 0 Å². The number of nitro benzene ring substituents is 1. The van der Waals surface area contributed by atoms with Gasteiger partial charge in [0.15, 0.2) is 0 Å². The van der Waals surface area contributed by atoms with E-state index in [-0.39, 0.29) is 21.7 Å². The van der Waals surface area contributed by atoms with Crippen molar-refractivity contribution in [3.8, 4) is 17.0 Å². The first-order valence-electron chi connectivity index (χ1n) is 12.6. The molecule has 0 saturated heterocycles. The molecule has 3 aliphatic carbocycles. The number of anilines is 3. The van der Waals surface area contributed by atoms with Gasteiger partial charge in [-0.25, -0.2) is 9.97 Å². The summed E-state index contributed by atoms with van der Waals surface area (Å²) in [4.78, 5) is 25.3. The molecule has 10 heteroatoms. The number of aromatic nitrogens is 3. The lowest BCUT2D eigenvalue weighted by molar-refractivity contribution is -0.384. The fourth-order valence-electron chi connectivity index (χ4n) is 6.24. The molecule has 0 radical (unpaired) electrons. The number of benzene rings is 2. The smallest absolute Gasteiger partial charge is 0.294 e. The molecule has 10 nitrogen and oxygen atoms in total. The van der Waals surface area contributed by atoms with Crippen LogP contribution in [0, 0.1) is 10.1 Å². The Kier molecular flexibility index (Phi) is 5.36. The zero-order valence-corrected chi connectivity index (χ0v) is 22.2. The van der Waals surface area contributed by atoms with E-state index in [1.54, 1.807) is 19.4 Å². The van der Waals surface area contributed by atoms with Crippen LogP contribution in [0.15, 0.2) is 54.9 Å². The summed E-state index contributed by atoms with van der Waals surface area (Å²) in [5, 5.41) is 16.4. The zero-order chi connectivity index (χ0) is 26.8. The summed E-state index contributed by atoms with van der Waals surface area (Å²) in [7, 11) is 9.72. The lowest BCUT2D eigenvalue weighted by atomic mass is 9.43. The molecule has 3 fully saturated rings. The number of aryl methyl sites for hydroxylation is 1. The zero-order valence-electron chi connectivity index (χ0n) is 22.2. The number of ether oxygens (including phenoxy) is 1. The Morgan fingerprint density at radius 1 is 1.11 bits per heavy atom. The van der Waals surface area contributed by atoms with Gasteiger partial charge in [-0.15, -0.1) is 0 Å². The van der Waals surface area contributed by atoms with Crippen LogP contribution in [0.4, 0.5) is 23.0 Å². The molecule has 1 N–H and O–H groups in total. The molecule has 2 heterocycles. The van der Waals surface area contributed by atoms with E-state index in [1.807, 2.05) is 38.5 Å². The lowest BCUT2D eigenvalue weighted by Gasteiger charge is -2.75. The first-order valence-corrected chi connectivity index (χ1v) is 12.6. The second kappa shape index (κ2) is 8.42. The van der Waals surface area contributed by atoms with Crippen molar-refractivity contribution in [1.29, 1.82) is 0 Å². The van der Waals surface area contributed by atoms with E-state index in [0.717, 1.165) is 41.4 Å². The van der Waals surface area contributed by atoms with Gasteiger partial charge in [0.2, 0.25) is 5.95 Å². The minimum Gasteiger partial charge on any atom is -0.494 e. The van der Waals surface area contributed by atoms with Gasteiger partial charge >= 0.3 is 0 Å². The Balaban J connectivity index is 1.33. The van der Waals surface area contributed by atoms with Gasteiger partial charge in [-0.05, 0) is 45.5 Å². The van der Waals surface area contributed by atoms with Gasteiger partial charge in [0.25, 0.3) is 5.69 Å². The van der Waals surface area contributed by atoms with Gasteiger partial charge in [0.1, 0.15) is 11.4 Å². The van der Waals surface area contributed by atoms with Crippen LogP contribution in [0.25, 0.3) is 22.2 Å². The van der Waals surface area contributed by atoms with Crippen molar-refractivity contribution < 1.29 is 9.66 Å².